The minimum atomic E-state index is -4.42. The monoisotopic (exact) mass is 2480 g/mol. The van der Waals surface area contributed by atoms with Crippen LogP contribution in [0.3, 0.4) is 0 Å². The second-order valence-corrected chi connectivity index (χ2v) is 28.1. The van der Waals surface area contributed by atoms with E-state index in [2.05, 4.69) is 138 Å². The second kappa shape index (κ2) is 48.3. The van der Waals surface area contributed by atoms with Gasteiger partial charge in [0.1, 0.15) is 11.6 Å². The summed E-state index contributed by atoms with van der Waals surface area (Å²) in [4.78, 5) is 21.9. The van der Waals surface area contributed by atoms with Crippen molar-refractivity contribution in [3.8, 4) is 56.3 Å². The van der Waals surface area contributed by atoms with Crippen molar-refractivity contribution in [2.24, 2.45) is 0 Å². The van der Waals surface area contributed by atoms with E-state index < -0.39 is 29.3 Å². The van der Waals surface area contributed by atoms with Crippen molar-refractivity contribution in [1.29, 1.82) is 0 Å². The van der Waals surface area contributed by atoms with Crippen LogP contribution in [0.15, 0.2) is 237 Å². The maximum absolute atomic E-state index is 13.9. The Bertz CT molecular complexity index is 5690. The van der Waals surface area contributed by atoms with Crippen LogP contribution in [0.5, 0.6) is 0 Å². The molecule has 0 aliphatic heterocycles. The third kappa shape index (κ3) is 26.7. The zero-order chi connectivity index (χ0) is 79.9. The molecule has 0 spiro atoms. The van der Waals surface area contributed by atoms with E-state index in [4.69, 9.17) is 0 Å². The smallest absolute Gasteiger partial charge is 0.304 e. The van der Waals surface area contributed by atoms with Gasteiger partial charge in [-0.1, -0.05) is 222 Å². The van der Waals surface area contributed by atoms with Crippen molar-refractivity contribution in [3.05, 3.63) is 330 Å². The van der Waals surface area contributed by atoms with E-state index in [9.17, 15) is 39.5 Å². The van der Waals surface area contributed by atoms with Gasteiger partial charge in [-0.05, 0) is 150 Å². The number of hydrogen-bond acceptors (Lipinski definition) is 5. The summed E-state index contributed by atoms with van der Waals surface area (Å²) >= 11 is 0. The zero-order valence-electron chi connectivity index (χ0n) is 66.1. The van der Waals surface area contributed by atoms with Crippen LogP contribution in [0.1, 0.15) is 150 Å². The number of nitrogens with zero attached hydrogens (tertiary/aromatic N) is 5. The summed E-state index contributed by atoms with van der Waals surface area (Å²) in [6.07, 6.45) is 15.4. The van der Waals surface area contributed by atoms with Crippen molar-refractivity contribution in [3.63, 3.8) is 0 Å². The third-order valence-electron chi connectivity index (χ3n) is 19.7. The number of pyridine rings is 5. The number of halogens is 9. The first kappa shape index (κ1) is 98.7. The van der Waals surface area contributed by atoms with Gasteiger partial charge in [-0.25, -0.2) is 13.2 Å². The summed E-state index contributed by atoms with van der Waals surface area (Å²) in [7, 11) is 0. The van der Waals surface area contributed by atoms with Gasteiger partial charge in [0.25, 0.3) is 0 Å². The van der Waals surface area contributed by atoms with E-state index in [1.807, 2.05) is 98.9 Å². The average Bonchev–Trinajstić information content (AvgIpc) is 0.797. The molecule has 0 N–H and O–H groups in total. The number of unbranched alkanes of at least 4 members (excludes halogenated alkanes) is 6. The summed E-state index contributed by atoms with van der Waals surface area (Å²) in [6.45, 7) is 12.6. The van der Waals surface area contributed by atoms with Crippen LogP contribution in [0.4, 0.5) is 39.5 Å². The zero-order valence-corrected chi connectivity index (χ0v) is 78.1. The fourth-order valence-corrected chi connectivity index (χ4v) is 13.8. The van der Waals surface area contributed by atoms with Crippen LogP contribution < -0.4 is 0 Å². The Morgan fingerprint density at radius 3 is 1.31 bits per heavy atom. The minimum absolute atomic E-state index is 0. The maximum Gasteiger partial charge on any atom is 0.399 e. The Morgan fingerprint density at radius 2 is 0.780 bits per heavy atom. The van der Waals surface area contributed by atoms with Crippen LogP contribution in [0.25, 0.3) is 110 Å². The molecular formula is C99H89F9Ir5N5-5. The summed E-state index contributed by atoms with van der Waals surface area (Å²) in [5.74, 6) is -0.997. The van der Waals surface area contributed by atoms with Gasteiger partial charge in [0.05, 0.1) is 6.20 Å². The molecule has 0 unspecified atom stereocenters. The molecular weight excluding hydrogens is 2390 g/mol. The largest absolute Gasteiger partial charge is 0.399 e. The normalized spacial score (nSPS) is 10.9. The predicted octanol–water partition coefficient (Wildman–Crippen LogP) is 28.4. The molecule has 0 atom stereocenters. The Morgan fingerprint density at radius 1 is 0.331 bits per heavy atom. The third-order valence-corrected chi connectivity index (χ3v) is 19.7. The number of alkyl halides is 6. The first-order chi connectivity index (χ1) is 54.7. The Labute approximate surface area is 754 Å². The molecule has 5 aromatic heterocycles. The van der Waals surface area contributed by atoms with Gasteiger partial charge in [0, 0.05) is 137 Å². The van der Waals surface area contributed by atoms with Crippen LogP contribution in [0.2, 0.25) is 0 Å². The number of hydrogen-bond donors (Lipinski definition) is 0. The molecule has 5 nitrogen and oxygen atoms in total. The Kier molecular flexibility index (Phi) is 40.4. The molecule has 10 aromatic carbocycles. The Balaban J connectivity index is 0.000000227. The fourth-order valence-electron chi connectivity index (χ4n) is 13.8. The molecule has 5 radical (unpaired) electrons. The molecule has 0 saturated carbocycles. The van der Waals surface area contributed by atoms with Gasteiger partial charge in [-0.15, -0.1) is 158 Å². The topological polar surface area (TPSA) is 64.5 Å². The van der Waals surface area contributed by atoms with E-state index in [0.29, 0.717) is 58.1 Å². The summed E-state index contributed by atoms with van der Waals surface area (Å²) in [5.41, 5.74) is 11.8. The standard InChI is InChI=1S/C22H24N.C20H17F3N.C19H14F4N.2C19H17FN.5Ir/c1-3-4-5-6-9-18-12-13-20(16-17(18)2)22-21-11-8-7-10-19(21)14-15-23-22;1-2-3-6-14-11-16(13-17(12-14)20(21,22)23)19-18-8-5-4-7-15(18)9-10-24-19;1-2-5-12-10-13(8-9-16(12)19(21,22)23)18-15-7-4-3-6-14(15)17(20)11-24-18;1-2-3-6-14-11-16(13-17(20)12-14)19-18-8-5-4-7-15(18)9-10-21-19;1-2-3-5-14-6-4-7-16(12-14)19-18-9-8-17(20)13-15(18)10-11-21-19;;;;;/h7-8,10-12,14-16H,3-6,9H2,1-2H3;4-5,7-12H,2-3,6H2,1H3;3-4,6-7,9-11H,2,5H2,1H3;4-5,7-12H,2-3,6H2,1H3;4,6,8-13H,2-3,5H2,1H3;;;;;/q5*-1;;;;;. The van der Waals surface area contributed by atoms with E-state index in [-0.39, 0.29) is 118 Å². The second-order valence-electron chi connectivity index (χ2n) is 28.1. The van der Waals surface area contributed by atoms with Crippen LogP contribution in [-0.2, 0) is 145 Å². The first-order valence-corrected chi connectivity index (χ1v) is 38.8. The molecule has 0 fully saturated rings. The van der Waals surface area contributed by atoms with Gasteiger partial charge in [-0.3, -0.25) is 0 Å². The van der Waals surface area contributed by atoms with E-state index in [0.717, 1.165) is 129 Å². The van der Waals surface area contributed by atoms with Crippen molar-refractivity contribution in [2.45, 2.75) is 157 Å². The van der Waals surface area contributed by atoms with Crippen molar-refractivity contribution < 1.29 is 140 Å². The van der Waals surface area contributed by atoms with Crippen LogP contribution in [0, 0.1) is 54.7 Å². The molecule has 19 heteroatoms. The van der Waals surface area contributed by atoms with Gasteiger partial charge in [-0.2, -0.15) is 26.3 Å². The molecule has 0 bridgehead atoms. The number of aromatic nitrogens is 5. The average molecular weight is 2480 g/mol. The van der Waals surface area contributed by atoms with Crippen LogP contribution in [-0.4, -0.2) is 24.9 Å². The summed E-state index contributed by atoms with van der Waals surface area (Å²) < 4.78 is 120. The van der Waals surface area contributed by atoms with Gasteiger partial charge in [0.2, 0.25) is 0 Å². The molecule has 5 heterocycles. The summed E-state index contributed by atoms with van der Waals surface area (Å²) in [5, 5.41) is 9.10. The van der Waals surface area contributed by atoms with Crippen molar-refractivity contribution in [2.75, 3.05) is 0 Å². The minimum Gasteiger partial charge on any atom is -0.304 e. The molecule has 0 saturated heterocycles. The van der Waals surface area contributed by atoms with Gasteiger partial charge < -0.3 is 24.9 Å². The predicted molar refractivity (Wildman–Crippen MR) is 442 cm³/mol. The van der Waals surface area contributed by atoms with Crippen molar-refractivity contribution in [1.82, 2.24) is 24.9 Å². The van der Waals surface area contributed by atoms with E-state index >= 15 is 0 Å². The number of benzene rings is 10. The number of fused-ring (bicyclic) bond motifs is 5. The number of rotatable bonds is 21. The SMILES string of the molecule is CCCCCCc1c[c-]c(-c2nccc3ccccc23)cc1C.CCCCc1cc(-c2nccc3ccccc23)[c-]c(C(F)(F)F)c1.CCCCc1cc(F)[c-]c(-c2nccc3ccccc23)c1.CCCCc1cc[c-]c(-c2nccc3cc(F)ccc23)c1.CCCc1cc(-c2ncc(F)c3ccccc23)[c-]cc1C(F)(F)F.[Ir].[Ir].[Ir].[Ir].[Ir]. The van der Waals surface area contributed by atoms with Gasteiger partial charge >= 0.3 is 12.4 Å². The van der Waals surface area contributed by atoms with Crippen molar-refractivity contribution >= 4 is 53.9 Å². The molecule has 0 aliphatic carbocycles. The molecule has 118 heavy (non-hydrogen) atoms. The maximum atomic E-state index is 13.9. The quantitative estimate of drug-likeness (QED) is 0.0407. The van der Waals surface area contributed by atoms with E-state index in [1.54, 1.807) is 67.1 Å². The number of aryl methyl sites for hydroxylation is 6. The van der Waals surface area contributed by atoms with Crippen LogP contribution >= 0.6 is 0 Å². The molecule has 0 amide bonds. The molecule has 623 valence electrons. The fraction of sp³-hybridized carbons (Fsp3) is 0.242. The van der Waals surface area contributed by atoms with E-state index in [1.165, 1.54) is 84.2 Å². The first-order valence-electron chi connectivity index (χ1n) is 38.8. The van der Waals surface area contributed by atoms with Gasteiger partial charge in [0.15, 0.2) is 0 Å². The molecule has 0 aliphatic rings. The Hall–Kier alpha value is -8.13. The molecule has 15 rings (SSSR count). The summed E-state index contributed by atoms with van der Waals surface area (Å²) in [6, 6.07) is 77.6. The molecule has 15 aromatic rings.